The van der Waals surface area contributed by atoms with E-state index in [9.17, 15) is 4.79 Å². The highest BCUT2D eigenvalue weighted by Gasteiger charge is 2.34. The Balaban J connectivity index is 1.47. The molecule has 202 valence electrons. The first-order valence-corrected chi connectivity index (χ1v) is 13.7. The van der Waals surface area contributed by atoms with Crippen LogP contribution < -0.4 is 5.56 Å². The summed E-state index contributed by atoms with van der Waals surface area (Å²) in [6, 6.07) is 10.1. The summed E-state index contributed by atoms with van der Waals surface area (Å²) in [4.78, 5) is 20.1. The van der Waals surface area contributed by atoms with E-state index in [2.05, 4.69) is 23.7 Å². The first-order chi connectivity index (χ1) is 18.1. The number of benzene rings is 1. The summed E-state index contributed by atoms with van der Waals surface area (Å²) >= 11 is 0. The average Bonchev–Trinajstić information content (AvgIpc) is 3.45. The van der Waals surface area contributed by atoms with E-state index in [4.69, 9.17) is 14.2 Å². The van der Waals surface area contributed by atoms with Gasteiger partial charge in [0.05, 0.1) is 25.6 Å². The van der Waals surface area contributed by atoms with Crippen LogP contribution in [0, 0.1) is 5.92 Å². The molecule has 1 unspecified atom stereocenters. The van der Waals surface area contributed by atoms with Gasteiger partial charge in [-0.05, 0) is 18.4 Å². The zero-order chi connectivity index (χ0) is 26.0. The molecular weight excluding hydrogens is 468 g/mol. The van der Waals surface area contributed by atoms with E-state index >= 15 is 0 Å². The van der Waals surface area contributed by atoms with E-state index in [1.54, 1.807) is 13.4 Å². The van der Waals surface area contributed by atoms with E-state index in [0.717, 1.165) is 75.2 Å². The average molecular weight is 511 g/mol. The second-order valence-electron chi connectivity index (χ2n) is 10.1. The monoisotopic (exact) mass is 510 g/mol. The number of rotatable bonds is 15. The van der Waals surface area contributed by atoms with Gasteiger partial charge in [-0.1, -0.05) is 57.0 Å². The topological polar surface area (TPSA) is 70.8 Å². The summed E-state index contributed by atoms with van der Waals surface area (Å²) in [5, 5.41) is 0. The van der Waals surface area contributed by atoms with Crippen molar-refractivity contribution < 1.29 is 14.2 Å². The lowest BCUT2D eigenvalue weighted by molar-refractivity contribution is -0.000185. The van der Waals surface area contributed by atoms with Crippen molar-refractivity contribution in [3.8, 4) is 0 Å². The van der Waals surface area contributed by atoms with E-state index in [1.165, 1.54) is 4.57 Å². The molecule has 0 spiro atoms. The Morgan fingerprint density at radius 3 is 2.59 bits per heavy atom. The molecule has 1 aliphatic heterocycles. The Bertz CT molecular complexity index is 1160. The van der Waals surface area contributed by atoms with Crippen molar-refractivity contribution in [2.45, 2.75) is 65.5 Å². The minimum absolute atomic E-state index is 0.0658. The van der Waals surface area contributed by atoms with Crippen LogP contribution in [0.1, 0.15) is 50.7 Å². The van der Waals surface area contributed by atoms with Crippen LogP contribution in [-0.4, -0.2) is 58.0 Å². The maximum absolute atomic E-state index is 13.1. The molecule has 3 heterocycles. The second kappa shape index (κ2) is 13.9. The van der Waals surface area contributed by atoms with Gasteiger partial charge in [-0.15, -0.1) is 0 Å². The molecular formula is C29H42N4O4. The Hall–Kier alpha value is -2.52. The third kappa shape index (κ3) is 7.29. The normalized spacial score (nSPS) is 18.2. The lowest BCUT2D eigenvalue weighted by Crippen LogP contribution is -2.27. The number of fused-ring (bicyclic) bond motifs is 1. The highest BCUT2D eigenvalue weighted by atomic mass is 16.5. The number of hydrogen-bond acceptors (Lipinski definition) is 6. The van der Waals surface area contributed by atoms with Crippen LogP contribution in [-0.2, 0) is 41.1 Å². The van der Waals surface area contributed by atoms with E-state index in [0.29, 0.717) is 31.3 Å². The van der Waals surface area contributed by atoms with Crippen molar-refractivity contribution in [2.24, 2.45) is 13.0 Å². The molecule has 1 saturated heterocycles. The van der Waals surface area contributed by atoms with Gasteiger partial charge in [0.25, 0.3) is 5.56 Å². The van der Waals surface area contributed by atoms with Crippen LogP contribution in [0.2, 0.25) is 0 Å². The summed E-state index contributed by atoms with van der Waals surface area (Å²) in [6.45, 7) is 9.94. The minimum Gasteiger partial charge on any atom is -0.381 e. The number of likely N-dealkylation sites (tertiary alicyclic amines) is 1. The van der Waals surface area contributed by atoms with E-state index < -0.39 is 0 Å². The number of nitrogens with zero attached hydrogens (tertiary/aromatic N) is 4. The van der Waals surface area contributed by atoms with Gasteiger partial charge in [-0.25, -0.2) is 4.98 Å². The van der Waals surface area contributed by atoms with Crippen molar-refractivity contribution in [3.63, 3.8) is 0 Å². The van der Waals surface area contributed by atoms with Crippen molar-refractivity contribution in [1.29, 1.82) is 0 Å². The first-order valence-electron chi connectivity index (χ1n) is 13.7. The van der Waals surface area contributed by atoms with Gasteiger partial charge in [-0.2, -0.15) is 0 Å². The van der Waals surface area contributed by atoms with Crippen LogP contribution in [0.25, 0.3) is 11.0 Å². The van der Waals surface area contributed by atoms with Gasteiger partial charge in [0.2, 0.25) is 0 Å². The molecule has 8 heteroatoms. The minimum atomic E-state index is -0.0658. The molecule has 1 fully saturated rings. The first kappa shape index (κ1) is 27.5. The van der Waals surface area contributed by atoms with Crippen molar-refractivity contribution in [1.82, 2.24) is 19.0 Å². The Labute approximate surface area is 220 Å². The zero-order valence-corrected chi connectivity index (χ0v) is 22.6. The Morgan fingerprint density at radius 1 is 1.03 bits per heavy atom. The van der Waals surface area contributed by atoms with Gasteiger partial charge < -0.3 is 23.3 Å². The molecule has 3 aromatic rings. The fraction of sp³-hybridized carbons (Fsp3) is 0.586. The summed E-state index contributed by atoms with van der Waals surface area (Å²) in [7, 11) is 1.73. The molecule has 37 heavy (non-hydrogen) atoms. The van der Waals surface area contributed by atoms with Gasteiger partial charge >= 0.3 is 0 Å². The molecule has 8 nitrogen and oxygen atoms in total. The fourth-order valence-corrected chi connectivity index (χ4v) is 4.89. The van der Waals surface area contributed by atoms with Crippen LogP contribution in [0.15, 0.2) is 47.7 Å². The zero-order valence-electron chi connectivity index (χ0n) is 22.6. The molecule has 1 aliphatic rings. The highest BCUT2D eigenvalue weighted by Crippen LogP contribution is 2.26. The van der Waals surface area contributed by atoms with E-state index in [1.807, 2.05) is 41.1 Å². The molecule has 0 saturated carbocycles. The van der Waals surface area contributed by atoms with Gasteiger partial charge in [0, 0.05) is 57.6 Å². The number of unbranched alkanes of at least 4 members (excludes halogenated alkanes) is 2. The largest absolute Gasteiger partial charge is 0.381 e. The summed E-state index contributed by atoms with van der Waals surface area (Å²) in [6.07, 6.45) is 8.22. The van der Waals surface area contributed by atoms with E-state index in [-0.39, 0.29) is 11.7 Å². The lowest BCUT2D eigenvalue weighted by Gasteiger charge is -2.19. The number of hydrogen-bond donors (Lipinski definition) is 0. The molecule has 0 radical (unpaired) electrons. The molecule has 1 aromatic carbocycles. The van der Waals surface area contributed by atoms with Crippen molar-refractivity contribution in [3.05, 3.63) is 64.3 Å². The molecule has 0 amide bonds. The second-order valence-corrected chi connectivity index (χ2v) is 10.1. The Kier molecular flexibility index (Phi) is 10.3. The maximum Gasteiger partial charge on any atom is 0.277 e. The van der Waals surface area contributed by atoms with Crippen LogP contribution in [0.5, 0.6) is 0 Å². The van der Waals surface area contributed by atoms with Crippen LogP contribution >= 0.6 is 0 Å². The molecule has 0 aliphatic carbocycles. The van der Waals surface area contributed by atoms with Crippen molar-refractivity contribution in [2.75, 3.05) is 32.9 Å². The Morgan fingerprint density at radius 2 is 1.81 bits per heavy atom. The number of ether oxygens (including phenoxy) is 3. The molecule has 0 bridgehead atoms. The molecule has 2 atom stereocenters. The standard InChI is InChI=1S/C29H42N4O4/c1-4-6-13-35-20-25-16-32(18-26(25)37-14-7-5-2)15-24-17-33(22-36-19-23-11-9-8-10-12-23)28-27(24)30-21-31(3)29(28)34/h8-12,17,21,25-26H,4-7,13-16,18-20,22H2,1-3H3/t25-,26?/m1/s1. The van der Waals surface area contributed by atoms with Crippen LogP contribution in [0.3, 0.4) is 0 Å². The third-order valence-electron chi connectivity index (χ3n) is 7.01. The SMILES string of the molecule is CCCCOC[C@H]1CN(Cc2cn(COCc3ccccc3)c3c(=O)n(C)cnc23)CC1OCCCC. The lowest BCUT2D eigenvalue weighted by atomic mass is 10.1. The van der Waals surface area contributed by atoms with Gasteiger partial charge in [-0.3, -0.25) is 9.69 Å². The highest BCUT2D eigenvalue weighted by molar-refractivity contribution is 5.78. The maximum atomic E-state index is 13.1. The van der Waals surface area contributed by atoms with Gasteiger partial charge in [0.15, 0.2) is 0 Å². The molecule has 2 aromatic heterocycles. The predicted molar refractivity (Wildman–Crippen MR) is 145 cm³/mol. The number of aryl methyl sites for hydroxylation is 1. The number of aromatic nitrogens is 3. The quantitative estimate of drug-likeness (QED) is 0.283. The summed E-state index contributed by atoms with van der Waals surface area (Å²) in [5.41, 5.74) is 3.41. The predicted octanol–water partition coefficient (Wildman–Crippen LogP) is 4.34. The van der Waals surface area contributed by atoms with Gasteiger partial charge in [0.1, 0.15) is 17.8 Å². The van der Waals surface area contributed by atoms with Crippen molar-refractivity contribution >= 4 is 11.0 Å². The summed E-state index contributed by atoms with van der Waals surface area (Å²) < 4.78 is 21.7. The molecule has 4 rings (SSSR count). The molecule has 0 N–H and O–H groups in total. The summed E-state index contributed by atoms with van der Waals surface area (Å²) in [5.74, 6) is 0.345. The fourth-order valence-electron chi connectivity index (χ4n) is 4.89. The third-order valence-corrected chi connectivity index (χ3v) is 7.01. The van der Waals surface area contributed by atoms with Crippen LogP contribution in [0.4, 0.5) is 0 Å². The smallest absolute Gasteiger partial charge is 0.277 e.